The molecular formula is C40H70N9O16S-. The fraction of sp³-hybridized carbons (Fsp3) is 0.750. The molecule has 0 aliphatic carbocycles. The lowest BCUT2D eigenvalue weighted by Gasteiger charge is -2.28. The first-order chi connectivity index (χ1) is 30.9. The molecule has 378 valence electrons. The van der Waals surface area contributed by atoms with Gasteiger partial charge < -0.3 is 91.5 Å². The minimum absolute atomic E-state index is 0.133. The highest BCUT2D eigenvalue weighted by Crippen LogP contribution is 2.09. The van der Waals surface area contributed by atoms with Crippen LogP contribution in [-0.2, 0) is 60.6 Å². The minimum Gasteiger partial charge on any atom is -0.789 e. The number of nitrogens with two attached hydrogens (primary N) is 1. The molecule has 0 fully saturated rings. The van der Waals surface area contributed by atoms with E-state index >= 15 is 0 Å². The number of carboxylic acids is 2. The minimum atomic E-state index is -1.83. The van der Waals surface area contributed by atoms with Gasteiger partial charge in [-0.1, -0.05) is 40.0 Å². The Hall–Kier alpha value is -5.15. The first-order valence-corrected chi connectivity index (χ1v) is 22.2. The number of carbonyl (C=O) groups excluding carboxylic acids is 8. The second-order valence-electron chi connectivity index (χ2n) is 16.0. The molecule has 0 aromatic carbocycles. The molecule has 16 N–H and O–H groups in total. The standard InChI is InChI=1S/C40H71N9O16S/c1-6-23(66)11-7-8-13-29(54)42-16-10-9-12-25(44-39(63)32(22(5)53)49-37(61)27(18-51)45-33(57)24(41)14-15-30(55)56)34(58)46-28(19-52)36(60)48-31(20(2)3)38(62)47-26(17-50)35(59)43-21(4)40(64)65/h20-28,31-32,50-53,66H,6-19,41H2,1-5H3,(H,42,54)(H,43,59)(H,44,63)(H,45,57)(H,46,58)(H,47,62)(H,48,60)(H,49,61)(H,55,56)(H,64,65)/p-1/t21-,22+,23-,24-,25-,26-,27-,28-,31-,32-/m0/s1. The Morgan fingerprint density at radius 2 is 1.00 bits per heavy atom. The molecule has 0 radical (unpaired) electrons. The van der Waals surface area contributed by atoms with Crippen LogP contribution >= 0.6 is 0 Å². The molecule has 0 spiro atoms. The fourth-order valence-corrected chi connectivity index (χ4v) is 5.98. The predicted octanol–water partition coefficient (Wildman–Crippen LogP) is -5.14. The molecule has 0 rings (SSSR count). The maximum atomic E-state index is 13.8. The van der Waals surface area contributed by atoms with Gasteiger partial charge >= 0.3 is 11.9 Å². The van der Waals surface area contributed by atoms with E-state index in [2.05, 4.69) is 42.5 Å². The third-order valence-electron chi connectivity index (χ3n) is 10.0. The summed E-state index contributed by atoms with van der Waals surface area (Å²) >= 11 is 5.29. The van der Waals surface area contributed by atoms with Gasteiger partial charge in [0.2, 0.25) is 47.3 Å². The van der Waals surface area contributed by atoms with E-state index in [9.17, 15) is 68.4 Å². The summed E-state index contributed by atoms with van der Waals surface area (Å²) in [6.45, 7) is 4.42. The van der Waals surface area contributed by atoms with Crippen molar-refractivity contribution in [3.05, 3.63) is 0 Å². The average molecular weight is 965 g/mol. The van der Waals surface area contributed by atoms with Crippen LogP contribution in [0.1, 0.15) is 98.8 Å². The molecule has 66 heavy (non-hydrogen) atoms. The van der Waals surface area contributed by atoms with E-state index in [0.717, 1.165) is 33.1 Å². The van der Waals surface area contributed by atoms with Crippen molar-refractivity contribution in [2.45, 2.75) is 159 Å². The number of hydrogen-bond acceptors (Lipinski definition) is 16. The number of aliphatic carboxylic acids is 2. The lowest BCUT2D eigenvalue weighted by atomic mass is 10.0. The van der Waals surface area contributed by atoms with Gasteiger partial charge in [0.1, 0.15) is 42.3 Å². The summed E-state index contributed by atoms with van der Waals surface area (Å²) in [4.78, 5) is 126. The van der Waals surface area contributed by atoms with Crippen LogP contribution in [0.4, 0.5) is 0 Å². The zero-order valence-corrected chi connectivity index (χ0v) is 38.8. The van der Waals surface area contributed by atoms with Crippen molar-refractivity contribution in [3.8, 4) is 0 Å². The zero-order valence-electron chi connectivity index (χ0n) is 38.0. The van der Waals surface area contributed by atoms with Crippen LogP contribution in [0.2, 0.25) is 0 Å². The number of rotatable bonds is 34. The van der Waals surface area contributed by atoms with Crippen molar-refractivity contribution in [2.75, 3.05) is 26.4 Å². The average Bonchev–Trinajstić information content (AvgIpc) is 3.26. The quantitative estimate of drug-likeness (QED) is 0.0212. The van der Waals surface area contributed by atoms with Crippen LogP contribution in [0.3, 0.4) is 0 Å². The number of unbranched alkanes of at least 4 members (excludes halogenated alkanes) is 2. The van der Waals surface area contributed by atoms with E-state index < -0.39 is 140 Å². The molecule has 0 bridgehead atoms. The summed E-state index contributed by atoms with van der Waals surface area (Å²) in [6, 6.07) is -12.7. The lowest BCUT2D eigenvalue weighted by molar-refractivity contribution is -0.142. The molecule has 0 saturated carbocycles. The zero-order chi connectivity index (χ0) is 50.7. The summed E-state index contributed by atoms with van der Waals surface area (Å²) in [5, 5.41) is 76.7. The predicted molar refractivity (Wildman–Crippen MR) is 236 cm³/mol. The Morgan fingerprint density at radius 1 is 0.545 bits per heavy atom. The Labute approximate surface area is 388 Å². The maximum absolute atomic E-state index is 13.8. The Kier molecular flexibility index (Phi) is 30.0. The number of carbonyl (C=O) groups is 10. The van der Waals surface area contributed by atoms with Gasteiger partial charge in [-0.15, -0.1) is 0 Å². The number of hydrogen-bond donors (Lipinski definition) is 15. The molecular weight excluding hydrogens is 895 g/mol. The molecule has 26 heteroatoms. The molecule has 0 saturated heterocycles. The molecule has 25 nitrogen and oxygen atoms in total. The third-order valence-corrected chi connectivity index (χ3v) is 10.6. The fourth-order valence-electron chi connectivity index (χ4n) is 5.81. The highest BCUT2D eigenvalue weighted by molar-refractivity contribution is 7.59. The highest BCUT2D eigenvalue weighted by atomic mass is 32.1. The first kappa shape index (κ1) is 60.9. The van der Waals surface area contributed by atoms with Gasteiger partial charge in [0.25, 0.3) is 0 Å². The van der Waals surface area contributed by atoms with Gasteiger partial charge in [-0.05, 0) is 51.9 Å². The van der Waals surface area contributed by atoms with E-state index in [1.54, 1.807) is 0 Å². The van der Waals surface area contributed by atoms with Gasteiger partial charge in [0.05, 0.1) is 32.0 Å². The monoisotopic (exact) mass is 964 g/mol. The summed E-state index contributed by atoms with van der Waals surface area (Å²) in [5.41, 5.74) is 5.68. The van der Waals surface area contributed by atoms with Crippen LogP contribution in [0.25, 0.3) is 0 Å². The van der Waals surface area contributed by atoms with Crippen LogP contribution in [0.5, 0.6) is 0 Å². The van der Waals surface area contributed by atoms with Gasteiger partial charge in [0.15, 0.2) is 0 Å². The highest BCUT2D eigenvalue weighted by Gasteiger charge is 2.35. The summed E-state index contributed by atoms with van der Waals surface area (Å²) < 4.78 is 0. The molecule has 8 amide bonds. The van der Waals surface area contributed by atoms with Crippen LogP contribution in [-0.4, -0.2) is 176 Å². The van der Waals surface area contributed by atoms with Crippen LogP contribution in [0, 0.1) is 5.92 Å². The number of nitrogens with one attached hydrogen (secondary N) is 8. The summed E-state index contributed by atoms with van der Waals surface area (Å²) in [6.07, 6.45) is 1.20. The number of aliphatic hydroxyl groups is 4. The second kappa shape index (κ2) is 32.5. The number of carboxylic acid groups (broad SMARTS) is 2. The van der Waals surface area contributed by atoms with Crippen molar-refractivity contribution in [1.82, 2.24) is 42.5 Å². The normalized spacial score (nSPS) is 15.7. The van der Waals surface area contributed by atoms with E-state index in [4.69, 9.17) is 28.6 Å². The molecule has 0 aliphatic heterocycles. The van der Waals surface area contributed by atoms with Crippen LogP contribution in [0.15, 0.2) is 0 Å². The molecule has 0 unspecified atom stereocenters. The van der Waals surface area contributed by atoms with Crippen molar-refractivity contribution < 1.29 is 78.6 Å². The van der Waals surface area contributed by atoms with E-state index in [0.29, 0.717) is 6.42 Å². The topological polar surface area (TPSA) is 414 Å². The Morgan fingerprint density at radius 3 is 1.48 bits per heavy atom. The lowest BCUT2D eigenvalue weighted by Crippen LogP contribution is -2.62. The SMILES string of the molecule is CC[C@H]([S-])CCCCC(=O)NCCCC[C@H](NC(=O)[C@@H](NC(=O)[C@H](CO)NC(=O)[C@@H](N)CCC(=O)O)[C@@H](C)O)C(=O)N[C@@H](CO)C(=O)N[C@H](C(=O)N[C@@H](CO)C(=O)N[C@@H](C)C(=O)O)C(C)C. The van der Waals surface area contributed by atoms with E-state index in [-0.39, 0.29) is 49.8 Å². The molecule has 0 aromatic rings. The third kappa shape index (κ3) is 23.9. The van der Waals surface area contributed by atoms with Crippen molar-refractivity contribution >= 4 is 71.8 Å². The van der Waals surface area contributed by atoms with E-state index in [1.165, 1.54) is 13.8 Å². The van der Waals surface area contributed by atoms with Crippen molar-refractivity contribution in [1.29, 1.82) is 0 Å². The van der Waals surface area contributed by atoms with Crippen molar-refractivity contribution in [3.63, 3.8) is 0 Å². The molecule has 10 atom stereocenters. The second-order valence-corrected chi connectivity index (χ2v) is 16.6. The molecule has 0 aliphatic rings. The van der Waals surface area contributed by atoms with Crippen molar-refractivity contribution in [2.24, 2.45) is 11.7 Å². The molecule has 0 heterocycles. The smallest absolute Gasteiger partial charge is 0.325 e. The van der Waals surface area contributed by atoms with E-state index in [1.807, 2.05) is 6.92 Å². The number of amides is 8. The van der Waals surface area contributed by atoms with Gasteiger partial charge in [-0.25, -0.2) is 0 Å². The molecule has 0 aromatic heterocycles. The van der Waals surface area contributed by atoms with Gasteiger partial charge in [-0.2, -0.15) is 5.25 Å². The largest absolute Gasteiger partial charge is 0.789 e. The summed E-state index contributed by atoms with van der Waals surface area (Å²) in [5.74, 6) is -11.1. The van der Waals surface area contributed by atoms with Gasteiger partial charge in [-0.3, -0.25) is 47.9 Å². The first-order valence-electron chi connectivity index (χ1n) is 21.7. The summed E-state index contributed by atoms with van der Waals surface area (Å²) in [7, 11) is 0. The van der Waals surface area contributed by atoms with Gasteiger partial charge in [0, 0.05) is 19.4 Å². The Balaban J connectivity index is 6.20. The number of aliphatic hydroxyl groups excluding tert-OH is 4. The maximum Gasteiger partial charge on any atom is 0.325 e. The Bertz CT molecular complexity index is 1620. The van der Waals surface area contributed by atoms with Crippen LogP contribution < -0.4 is 48.3 Å².